The van der Waals surface area contributed by atoms with Crippen molar-refractivity contribution in [3.05, 3.63) is 0 Å². The van der Waals surface area contributed by atoms with E-state index in [0.717, 1.165) is 17.5 Å². The van der Waals surface area contributed by atoms with E-state index in [4.69, 9.17) is 0 Å². The average molecular weight is 342 g/mol. The van der Waals surface area contributed by atoms with Gasteiger partial charge in [0.05, 0.1) is 17.5 Å². The molecule has 1 amide bonds. The molecule has 5 atom stereocenters. The number of aliphatic imine (C=N–C) groups is 1. The first-order valence-corrected chi connectivity index (χ1v) is 10.9. The Bertz CT molecular complexity index is 631. The number of amides is 1. The van der Waals surface area contributed by atoms with Gasteiger partial charge in [0.1, 0.15) is 0 Å². The molecular weight excluding hydrogens is 320 g/mol. The predicted molar refractivity (Wildman–Crippen MR) is 87.6 cm³/mol. The first-order valence-electron chi connectivity index (χ1n) is 8.24. The molecule has 2 saturated carbocycles. The van der Waals surface area contributed by atoms with Crippen LogP contribution in [0, 0.1) is 11.8 Å². The fourth-order valence-electron chi connectivity index (χ4n) is 4.72. The maximum absolute atomic E-state index is 12.0. The molecule has 4 fully saturated rings. The van der Waals surface area contributed by atoms with Gasteiger partial charge in [-0.1, -0.05) is 25.1 Å². The highest BCUT2D eigenvalue weighted by atomic mass is 32.2. The van der Waals surface area contributed by atoms with Gasteiger partial charge in [-0.2, -0.15) is 4.99 Å². The summed E-state index contributed by atoms with van der Waals surface area (Å²) >= 11 is 1.53. The Morgan fingerprint density at radius 1 is 1.27 bits per heavy atom. The van der Waals surface area contributed by atoms with Crippen molar-refractivity contribution in [1.29, 1.82) is 0 Å². The Kier molecular flexibility index (Phi) is 3.56. The number of carbonyl (C=O) groups is 1. The smallest absolute Gasteiger partial charge is 0.247 e. The van der Waals surface area contributed by atoms with E-state index in [-0.39, 0.29) is 28.7 Å². The molecule has 22 heavy (non-hydrogen) atoms. The minimum Gasteiger partial charge on any atom is -0.343 e. The van der Waals surface area contributed by atoms with Crippen LogP contribution in [-0.2, 0) is 14.6 Å². The number of amidine groups is 1. The van der Waals surface area contributed by atoms with Crippen molar-refractivity contribution in [2.24, 2.45) is 16.8 Å². The lowest BCUT2D eigenvalue weighted by atomic mass is 9.93. The predicted octanol–water partition coefficient (Wildman–Crippen LogP) is 1.68. The number of fused-ring (bicyclic) bond motifs is 3. The van der Waals surface area contributed by atoms with Gasteiger partial charge in [0.15, 0.2) is 15.0 Å². The topological polar surface area (TPSA) is 66.8 Å². The van der Waals surface area contributed by atoms with Crippen LogP contribution in [0.2, 0.25) is 0 Å². The first-order chi connectivity index (χ1) is 10.5. The van der Waals surface area contributed by atoms with Gasteiger partial charge in [0.25, 0.3) is 0 Å². The van der Waals surface area contributed by atoms with Crippen LogP contribution >= 0.6 is 11.8 Å². The van der Waals surface area contributed by atoms with Crippen molar-refractivity contribution in [1.82, 2.24) is 4.90 Å². The summed E-state index contributed by atoms with van der Waals surface area (Å²) < 4.78 is 24.0. The van der Waals surface area contributed by atoms with Crippen molar-refractivity contribution < 1.29 is 13.2 Å². The van der Waals surface area contributed by atoms with E-state index in [2.05, 4.69) is 9.89 Å². The molecule has 2 heterocycles. The van der Waals surface area contributed by atoms with Gasteiger partial charge in [-0.15, -0.1) is 0 Å². The summed E-state index contributed by atoms with van der Waals surface area (Å²) in [5, 5.41) is 0.863. The second-order valence-corrected chi connectivity index (χ2v) is 10.5. The molecule has 2 bridgehead atoms. The monoisotopic (exact) mass is 342 g/mol. The molecule has 2 aliphatic heterocycles. The van der Waals surface area contributed by atoms with Crippen LogP contribution < -0.4 is 0 Å². The summed E-state index contributed by atoms with van der Waals surface area (Å²) in [6.07, 6.45) is 5.38. The molecule has 0 aromatic carbocycles. The third kappa shape index (κ3) is 2.40. The quantitative estimate of drug-likeness (QED) is 0.764. The van der Waals surface area contributed by atoms with Crippen molar-refractivity contribution in [2.75, 3.05) is 11.5 Å². The number of carbonyl (C=O) groups excluding carboxylic acids is 1. The summed E-state index contributed by atoms with van der Waals surface area (Å²) in [4.78, 5) is 18.3. The lowest BCUT2D eigenvalue weighted by molar-refractivity contribution is -0.117. The number of thioether (sulfide) groups is 1. The van der Waals surface area contributed by atoms with E-state index >= 15 is 0 Å². The molecule has 7 heteroatoms. The lowest BCUT2D eigenvalue weighted by Gasteiger charge is -2.36. The Labute approximate surface area is 135 Å². The van der Waals surface area contributed by atoms with Gasteiger partial charge in [0.2, 0.25) is 5.91 Å². The van der Waals surface area contributed by atoms with Gasteiger partial charge in [-0.3, -0.25) is 4.79 Å². The van der Waals surface area contributed by atoms with Gasteiger partial charge in [0, 0.05) is 17.7 Å². The van der Waals surface area contributed by atoms with E-state index in [1.54, 1.807) is 0 Å². The van der Waals surface area contributed by atoms with Gasteiger partial charge in [-0.25, -0.2) is 8.42 Å². The van der Waals surface area contributed by atoms with Crippen LogP contribution in [-0.4, -0.2) is 53.2 Å². The molecule has 4 rings (SSSR count). The SMILES string of the molecule is CCC(=O)N=C1S[C@H]2CS(=O)(=O)C[C@@H]2N1[C@@H]1C[C@@H]2CC[C@@H]1C2. The van der Waals surface area contributed by atoms with Crippen LogP contribution in [0.15, 0.2) is 4.99 Å². The highest BCUT2D eigenvalue weighted by Crippen LogP contribution is 2.51. The lowest BCUT2D eigenvalue weighted by Crippen LogP contribution is -2.47. The number of hydrogen-bond acceptors (Lipinski definition) is 4. The van der Waals surface area contributed by atoms with Crippen LogP contribution in [0.5, 0.6) is 0 Å². The van der Waals surface area contributed by atoms with Gasteiger partial charge in [-0.05, 0) is 31.1 Å². The molecule has 2 aliphatic carbocycles. The number of nitrogens with zero attached hydrogens (tertiary/aromatic N) is 2. The molecule has 0 radical (unpaired) electrons. The molecule has 4 aliphatic rings. The Morgan fingerprint density at radius 2 is 2.09 bits per heavy atom. The van der Waals surface area contributed by atoms with Gasteiger partial charge < -0.3 is 4.90 Å². The molecule has 0 aromatic heterocycles. The maximum atomic E-state index is 12.0. The zero-order valence-corrected chi connectivity index (χ0v) is 14.4. The Morgan fingerprint density at radius 3 is 2.73 bits per heavy atom. The zero-order valence-electron chi connectivity index (χ0n) is 12.8. The molecule has 0 spiro atoms. The molecule has 0 N–H and O–H groups in total. The van der Waals surface area contributed by atoms with E-state index < -0.39 is 9.84 Å². The normalized spacial score (nSPS) is 44.0. The van der Waals surface area contributed by atoms with Crippen LogP contribution in [0.3, 0.4) is 0 Å². The van der Waals surface area contributed by atoms with Crippen molar-refractivity contribution >= 4 is 32.7 Å². The highest BCUT2D eigenvalue weighted by Gasteiger charge is 2.54. The standard InChI is InChI=1S/C15H22N2O3S2/c1-2-14(18)16-15-17(11-6-9-3-4-10(11)5-9)12-7-22(19,20)8-13(12)21-15/h9-13H,2-8H2,1H3/t9-,10-,11-,12+,13+/m1/s1. The van der Waals surface area contributed by atoms with Crippen molar-refractivity contribution in [2.45, 2.75) is 56.4 Å². The summed E-state index contributed by atoms with van der Waals surface area (Å²) in [7, 11) is -2.94. The highest BCUT2D eigenvalue weighted by molar-refractivity contribution is 8.15. The van der Waals surface area contributed by atoms with Crippen LogP contribution in [0.1, 0.15) is 39.0 Å². The van der Waals surface area contributed by atoms with E-state index in [1.807, 2.05) is 6.92 Å². The molecular formula is C15H22N2O3S2. The average Bonchev–Trinajstić information content (AvgIpc) is 3.17. The Balaban J connectivity index is 1.66. The second kappa shape index (κ2) is 5.23. The fraction of sp³-hybridized carbons (Fsp3) is 0.867. The van der Waals surface area contributed by atoms with E-state index in [0.29, 0.717) is 18.4 Å². The Hall–Kier alpha value is -0.560. The minimum absolute atomic E-state index is 0.0303. The van der Waals surface area contributed by atoms with Crippen molar-refractivity contribution in [3.63, 3.8) is 0 Å². The summed E-state index contributed by atoms with van der Waals surface area (Å²) in [6.45, 7) is 1.82. The molecule has 2 saturated heterocycles. The maximum Gasteiger partial charge on any atom is 0.247 e. The molecule has 0 aromatic rings. The summed E-state index contributed by atoms with van der Waals surface area (Å²) in [5.74, 6) is 1.82. The second-order valence-electron chi connectivity index (χ2n) is 7.09. The summed E-state index contributed by atoms with van der Waals surface area (Å²) in [5.41, 5.74) is 0. The molecule has 0 unspecified atom stereocenters. The summed E-state index contributed by atoms with van der Waals surface area (Å²) in [6, 6.07) is 0.431. The minimum atomic E-state index is -2.94. The van der Waals surface area contributed by atoms with E-state index in [9.17, 15) is 13.2 Å². The van der Waals surface area contributed by atoms with Crippen LogP contribution in [0.4, 0.5) is 0 Å². The zero-order chi connectivity index (χ0) is 15.5. The van der Waals surface area contributed by atoms with Crippen molar-refractivity contribution in [3.8, 4) is 0 Å². The largest absolute Gasteiger partial charge is 0.343 e. The number of sulfone groups is 1. The number of rotatable bonds is 2. The third-order valence-electron chi connectivity index (χ3n) is 5.69. The fourth-order valence-corrected chi connectivity index (χ4v) is 8.71. The molecule has 122 valence electrons. The molecule has 5 nitrogen and oxygen atoms in total. The van der Waals surface area contributed by atoms with E-state index in [1.165, 1.54) is 31.0 Å². The van der Waals surface area contributed by atoms with Crippen LogP contribution in [0.25, 0.3) is 0 Å². The number of hydrogen-bond donors (Lipinski definition) is 0. The first kappa shape index (κ1) is 15.0. The van der Waals surface area contributed by atoms with Gasteiger partial charge >= 0.3 is 0 Å². The third-order valence-corrected chi connectivity index (χ3v) is 8.91.